The van der Waals surface area contributed by atoms with E-state index in [1.165, 1.54) is 16.7 Å². The molecule has 0 aliphatic heterocycles. The van der Waals surface area contributed by atoms with Crippen LogP contribution in [-0.4, -0.2) is 35.2 Å². The molecule has 3 heterocycles. The van der Waals surface area contributed by atoms with Gasteiger partial charge in [-0.05, 0) is 62.6 Å². The van der Waals surface area contributed by atoms with Gasteiger partial charge in [-0.25, -0.2) is 9.78 Å². The number of fused-ring (bicyclic) bond motifs is 1. The minimum Gasteiger partial charge on any atom is -0.322 e. The summed E-state index contributed by atoms with van der Waals surface area (Å²) in [5.74, 6) is 0.335. The lowest BCUT2D eigenvalue weighted by molar-refractivity contribution is -0.137. The molecular formula is C29H25F3N8O2. The van der Waals surface area contributed by atoms with Crippen molar-refractivity contribution < 1.29 is 18.0 Å². The van der Waals surface area contributed by atoms with E-state index in [1.807, 2.05) is 19.9 Å². The average Bonchev–Trinajstić information content (AvgIpc) is 3.73. The summed E-state index contributed by atoms with van der Waals surface area (Å²) in [4.78, 5) is 39.6. The molecule has 0 unspecified atom stereocenters. The molecule has 1 aliphatic rings. The van der Waals surface area contributed by atoms with Gasteiger partial charge in [-0.15, -0.1) is 0 Å². The number of alkyl halides is 3. The second-order valence-electron chi connectivity index (χ2n) is 10.3. The van der Waals surface area contributed by atoms with Gasteiger partial charge in [0.1, 0.15) is 5.82 Å². The van der Waals surface area contributed by atoms with Crippen molar-refractivity contribution in [2.45, 2.75) is 38.8 Å². The third-order valence-corrected chi connectivity index (χ3v) is 7.04. The van der Waals surface area contributed by atoms with Gasteiger partial charge in [-0.1, -0.05) is 12.1 Å². The Morgan fingerprint density at radius 2 is 1.83 bits per heavy atom. The Kier molecular flexibility index (Phi) is 6.51. The van der Waals surface area contributed by atoms with E-state index in [1.54, 1.807) is 36.1 Å². The lowest BCUT2D eigenvalue weighted by atomic mass is 10.1. The number of carbonyl (C=O) groups excluding carboxylic acids is 1. The second-order valence-corrected chi connectivity index (χ2v) is 10.3. The number of aromatic nitrogens is 6. The van der Waals surface area contributed by atoms with Crippen LogP contribution in [0.1, 0.15) is 51.6 Å². The molecule has 5 aromatic rings. The summed E-state index contributed by atoms with van der Waals surface area (Å²) in [6.07, 6.45) is -1.19. The van der Waals surface area contributed by atoms with Crippen LogP contribution in [0.3, 0.4) is 0 Å². The van der Waals surface area contributed by atoms with Crippen LogP contribution in [-0.2, 0) is 13.2 Å². The summed E-state index contributed by atoms with van der Waals surface area (Å²) in [5, 5.41) is 10.7. The molecule has 0 saturated heterocycles. The number of nitrogens with one attached hydrogen (secondary N) is 2. The summed E-state index contributed by atoms with van der Waals surface area (Å²) in [6.45, 7) is 3.69. The zero-order valence-corrected chi connectivity index (χ0v) is 22.8. The molecule has 1 amide bonds. The quantitative estimate of drug-likeness (QED) is 0.278. The van der Waals surface area contributed by atoms with Crippen molar-refractivity contribution in [2.24, 2.45) is 7.05 Å². The van der Waals surface area contributed by atoms with Crippen LogP contribution >= 0.6 is 0 Å². The van der Waals surface area contributed by atoms with E-state index in [4.69, 9.17) is 0 Å². The Morgan fingerprint density at radius 1 is 1.05 bits per heavy atom. The van der Waals surface area contributed by atoms with Crippen molar-refractivity contribution >= 4 is 34.4 Å². The van der Waals surface area contributed by atoms with E-state index in [2.05, 4.69) is 30.7 Å². The summed E-state index contributed by atoms with van der Waals surface area (Å²) in [5.41, 5.74) is 1.73. The zero-order valence-electron chi connectivity index (χ0n) is 22.8. The largest absolute Gasteiger partial charge is 0.416 e. The number of anilines is 3. The van der Waals surface area contributed by atoms with Crippen LogP contribution in [0.4, 0.5) is 30.6 Å². The molecular weight excluding hydrogens is 549 g/mol. The minimum absolute atomic E-state index is 0.0908. The predicted molar refractivity (Wildman–Crippen MR) is 150 cm³/mol. The molecule has 0 spiro atoms. The first-order valence-electron chi connectivity index (χ1n) is 13.1. The fourth-order valence-corrected chi connectivity index (χ4v) is 4.87. The van der Waals surface area contributed by atoms with E-state index in [0.717, 1.165) is 41.9 Å². The number of halogens is 3. The Balaban J connectivity index is 1.37. The molecule has 0 atom stereocenters. The van der Waals surface area contributed by atoms with Crippen LogP contribution < -0.4 is 16.3 Å². The van der Waals surface area contributed by atoms with Crippen molar-refractivity contribution in [3.63, 3.8) is 0 Å². The number of amides is 1. The maximum Gasteiger partial charge on any atom is 0.416 e. The highest BCUT2D eigenvalue weighted by Crippen LogP contribution is 2.43. The standard InChI is InChI=1S/C29H25F3N8O2/c1-15-7-10-20(34-26(41)18-5-4-6-19(12-18)29(30,31)32)13-22(15)40-24(17-8-9-17)21-14-33-27(36-25(21)37-28(40)42)35-23-11-16(2)38-39(23)3/h4-7,10-14,17H,8-9H2,1-3H3,(H,34,41)(H,35,36,37,42). The third-order valence-electron chi connectivity index (χ3n) is 7.04. The number of benzene rings is 2. The molecule has 2 N–H and O–H groups in total. The van der Waals surface area contributed by atoms with Gasteiger partial charge in [0.25, 0.3) is 5.91 Å². The molecule has 0 bridgehead atoms. The number of hydrogen-bond donors (Lipinski definition) is 2. The molecule has 10 nitrogen and oxygen atoms in total. The number of aryl methyl sites for hydroxylation is 3. The first-order valence-corrected chi connectivity index (χ1v) is 13.1. The first kappa shape index (κ1) is 27.1. The summed E-state index contributed by atoms with van der Waals surface area (Å²) in [6, 6.07) is 11.0. The highest BCUT2D eigenvalue weighted by Gasteiger charge is 2.32. The Morgan fingerprint density at radius 3 is 2.52 bits per heavy atom. The summed E-state index contributed by atoms with van der Waals surface area (Å²) >= 11 is 0. The number of nitrogens with zero attached hydrogens (tertiary/aromatic N) is 6. The SMILES string of the molecule is Cc1cc(Nc2ncc3c(C4CC4)n(-c4cc(NC(=O)c5cccc(C(F)(F)F)c5)ccc4C)c(=O)nc3n2)n(C)n1. The molecule has 6 rings (SSSR count). The fraction of sp³-hybridized carbons (Fsp3) is 0.241. The lowest BCUT2D eigenvalue weighted by Crippen LogP contribution is -2.26. The van der Waals surface area contributed by atoms with Gasteiger partial charge >= 0.3 is 11.9 Å². The Labute approximate surface area is 237 Å². The molecule has 1 aliphatic carbocycles. The lowest BCUT2D eigenvalue weighted by Gasteiger charge is -2.18. The monoisotopic (exact) mass is 574 g/mol. The van der Waals surface area contributed by atoms with Gasteiger partial charge in [0.15, 0.2) is 5.65 Å². The molecule has 1 fully saturated rings. The Bertz CT molecular complexity index is 1930. The van der Waals surface area contributed by atoms with Gasteiger partial charge < -0.3 is 10.6 Å². The van der Waals surface area contributed by atoms with Crippen LogP contribution in [0.2, 0.25) is 0 Å². The van der Waals surface area contributed by atoms with E-state index in [0.29, 0.717) is 22.6 Å². The average molecular weight is 575 g/mol. The van der Waals surface area contributed by atoms with Crippen LogP contribution in [0.5, 0.6) is 0 Å². The summed E-state index contributed by atoms with van der Waals surface area (Å²) < 4.78 is 42.6. The van der Waals surface area contributed by atoms with Gasteiger partial charge in [0.2, 0.25) is 5.95 Å². The van der Waals surface area contributed by atoms with Crippen LogP contribution in [0.25, 0.3) is 16.7 Å². The fourth-order valence-electron chi connectivity index (χ4n) is 4.87. The van der Waals surface area contributed by atoms with E-state index < -0.39 is 23.3 Å². The van der Waals surface area contributed by atoms with Crippen molar-refractivity contribution in [2.75, 3.05) is 10.6 Å². The zero-order chi connectivity index (χ0) is 29.8. The molecule has 2 aromatic carbocycles. The summed E-state index contributed by atoms with van der Waals surface area (Å²) in [7, 11) is 1.79. The molecule has 1 saturated carbocycles. The second kappa shape index (κ2) is 10.1. The van der Waals surface area contributed by atoms with Crippen LogP contribution in [0, 0.1) is 13.8 Å². The van der Waals surface area contributed by atoms with Gasteiger partial charge in [-0.3, -0.25) is 14.0 Å². The predicted octanol–water partition coefficient (Wildman–Crippen LogP) is 5.42. The molecule has 214 valence electrons. The smallest absolute Gasteiger partial charge is 0.322 e. The van der Waals surface area contributed by atoms with Crippen LogP contribution in [0.15, 0.2) is 59.5 Å². The number of rotatable bonds is 6. The minimum atomic E-state index is -4.57. The first-order chi connectivity index (χ1) is 20.0. The van der Waals surface area contributed by atoms with Crippen molar-refractivity contribution in [3.8, 4) is 5.69 Å². The molecule has 13 heteroatoms. The number of hydrogen-bond acceptors (Lipinski definition) is 7. The van der Waals surface area contributed by atoms with Gasteiger partial charge in [0.05, 0.1) is 22.3 Å². The van der Waals surface area contributed by atoms with E-state index in [9.17, 15) is 22.8 Å². The van der Waals surface area contributed by atoms with Gasteiger partial charge in [0, 0.05) is 42.2 Å². The normalized spacial score (nSPS) is 13.4. The molecule has 42 heavy (non-hydrogen) atoms. The highest BCUT2D eigenvalue weighted by molar-refractivity contribution is 6.04. The van der Waals surface area contributed by atoms with Crippen molar-refractivity contribution in [1.29, 1.82) is 0 Å². The maximum atomic E-state index is 13.5. The topological polar surface area (TPSA) is 120 Å². The molecule has 0 radical (unpaired) electrons. The highest BCUT2D eigenvalue weighted by atomic mass is 19.4. The molecule has 3 aromatic heterocycles. The van der Waals surface area contributed by atoms with E-state index >= 15 is 0 Å². The number of carbonyl (C=O) groups is 1. The third kappa shape index (κ3) is 5.20. The van der Waals surface area contributed by atoms with E-state index in [-0.39, 0.29) is 23.1 Å². The van der Waals surface area contributed by atoms with Crippen molar-refractivity contribution in [3.05, 3.63) is 93.3 Å². The van der Waals surface area contributed by atoms with Gasteiger partial charge in [-0.2, -0.15) is 28.2 Å². The Hall–Kier alpha value is -5.07. The maximum absolute atomic E-state index is 13.5. The van der Waals surface area contributed by atoms with Crippen molar-refractivity contribution in [1.82, 2.24) is 29.3 Å².